The van der Waals surface area contributed by atoms with Gasteiger partial charge in [-0.1, -0.05) is 280 Å². The summed E-state index contributed by atoms with van der Waals surface area (Å²) in [6, 6.07) is 110. The highest BCUT2D eigenvalue weighted by Gasteiger charge is 2.34. The summed E-state index contributed by atoms with van der Waals surface area (Å²) < 4.78 is 0. The van der Waals surface area contributed by atoms with Gasteiger partial charge in [0.15, 0.2) is 0 Å². The van der Waals surface area contributed by atoms with E-state index in [1.165, 1.54) is 66.9 Å². The number of fused-ring (bicyclic) bond motifs is 6. The van der Waals surface area contributed by atoms with Crippen LogP contribution in [-0.4, -0.2) is 11.7 Å². The molecule has 13 aromatic rings. The van der Waals surface area contributed by atoms with Crippen molar-refractivity contribution in [2.45, 2.75) is 72.6 Å². The number of aromatic nitrogens is 1. The summed E-state index contributed by atoms with van der Waals surface area (Å²) in [5.41, 5.74) is 29.8. The van der Waals surface area contributed by atoms with E-state index in [4.69, 9.17) is 4.98 Å². The van der Waals surface area contributed by atoms with Gasteiger partial charge in [0.05, 0.1) is 28.4 Å². The third-order valence-corrected chi connectivity index (χ3v) is 19.0. The van der Waals surface area contributed by atoms with Crippen molar-refractivity contribution in [1.29, 1.82) is 0 Å². The largest absolute Gasteiger partial charge is 0.321 e. The van der Waals surface area contributed by atoms with E-state index in [2.05, 4.69) is 378 Å². The quantitative estimate of drug-likeness (QED) is 0.115. The number of benzene rings is 12. The zero-order chi connectivity index (χ0) is 65.0. The van der Waals surface area contributed by atoms with E-state index < -0.39 is 0 Å². The minimum absolute atomic E-state index is 0.0812. The van der Waals surface area contributed by atoms with Gasteiger partial charge in [-0.3, -0.25) is 4.90 Å². The first-order valence-electron chi connectivity index (χ1n) is 33.5. The van der Waals surface area contributed by atoms with Crippen LogP contribution in [-0.2, 0) is 17.3 Å². The van der Waals surface area contributed by atoms with E-state index in [1.807, 2.05) is 0 Å². The van der Waals surface area contributed by atoms with E-state index in [-0.39, 0.29) is 10.8 Å². The van der Waals surface area contributed by atoms with Crippen molar-refractivity contribution in [3.63, 3.8) is 0 Å². The van der Waals surface area contributed by atoms with Gasteiger partial charge in [0.1, 0.15) is 12.5 Å². The van der Waals surface area contributed by atoms with Crippen LogP contribution in [0.5, 0.6) is 0 Å². The standard InChI is InChI=1S/C90H79N5/c1-61(2)49-68-55-87(91-59-82(68)64-33-17-11-18-34-64)95-83-44-24-23-41-80(83)78-39-21-22-40-79(78)81-48-47-73(58-86(81)95)94(72-37-19-12-20-38-72)75-54-67(63-31-15-10-16-32-63)53-74(57-75)92-60-93(85-46-26-25-45-84(85)92)88-76(66-36-27-35-65(50-66)62-29-13-9-14-30-62)42-28-43-77(88)69-51-70(89(3,4)5)56-71(52-69)90(6,7)8/h9-48,50-59,61H,49,60H2,1-8H3. The molecule has 2 aliphatic heterocycles. The van der Waals surface area contributed by atoms with Crippen molar-refractivity contribution >= 4 is 57.0 Å². The molecule has 2 aliphatic rings. The van der Waals surface area contributed by atoms with E-state index in [1.54, 1.807) is 0 Å². The number of pyridine rings is 1. The van der Waals surface area contributed by atoms with Crippen LogP contribution in [0.15, 0.2) is 303 Å². The fourth-order valence-electron chi connectivity index (χ4n) is 14.2. The Hall–Kier alpha value is -11.0. The smallest absolute Gasteiger partial charge is 0.137 e. The van der Waals surface area contributed by atoms with Gasteiger partial charge in [0.2, 0.25) is 0 Å². The van der Waals surface area contributed by atoms with Gasteiger partial charge < -0.3 is 14.7 Å². The lowest BCUT2D eigenvalue weighted by atomic mass is 9.78. The minimum Gasteiger partial charge on any atom is -0.321 e. The third-order valence-electron chi connectivity index (χ3n) is 19.0. The second-order valence-electron chi connectivity index (χ2n) is 28.0. The maximum atomic E-state index is 5.48. The van der Waals surface area contributed by atoms with Crippen molar-refractivity contribution in [1.82, 2.24) is 4.98 Å². The highest BCUT2D eigenvalue weighted by atomic mass is 15.4. The molecule has 0 amide bonds. The Morgan fingerprint density at radius 3 is 1.48 bits per heavy atom. The molecule has 0 atom stereocenters. The van der Waals surface area contributed by atoms with Crippen molar-refractivity contribution in [2.24, 2.45) is 5.92 Å². The summed E-state index contributed by atoms with van der Waals surface area (Å²) in [6.07, 6.45) is 3.01. The van der Waals surface area contributed by atoms with E-state index in [0.717, 1.165) is 91.1 Å². The van der Waals surface area contributed by atoms with Crippen LogP contribution < -0.4 is 19.6 Å². The Morgan fingerprint density at radius 2 is 0.853 bits per heavy atom. The zero-order valence-electron chi connectivity index (χ0n) is 55.6. The predicted molar refractivity (Wildman–Crippen MR) is 403 cm³/mol. The fourth-order valence-corrected chi connectivity index (χ4v) is 14.2. The molecule has 0 fully saturated rings. The van der Waals surface area contributed by atoms with E-state index >= 15 is 0 Å². The van der Waals surface area contributed by atoms with Crippen LogP contribution in [0.25, 0.3) is 77.9 Å². The molecule has 5 heteroatoms. The Bertz CT molecular complexity index is 4930. The highest BCUT2D eigenvalue weighted by molar-refractivity contribution is 6.04. The molecular weight excluding hydrogens is 1150 g/mol. The number of rotatable bonds is 13. The van der Waals surface area contributed by atoms with Crippen molar-refractivity contribution < 1.29 is 0 Å². The molecular formula is C90H79N5. The zero-order valence-corrected chi connectivity index (χ0v) is 55.6. The molecule has 95 heavy (non-hydrogen) atoms. The first-order valence-corrected chi connectivity index (χ1v) is 33.5. The van der Waals surface area contributed by atoms with Crippen LogP contribution in [0.2, 0.25) is 0 Å². The Kier molecular flexibility index (Phi) is 15.7. The Labute approximate surface area is 561 Å². The molecule has 3 heterocycles. The van der Waals surface area contributed by atoms with Crippen molar-refractivity contribution in [3.05, 3.63) is 320 Å². The van der Waals surface area contributed by atoms with Crippen LogP contribution in [0.1, 0.15) is 72.1 Å². The first-order chi connectivity index (χ1) is 46.2. The lowest BCUT2D eigenvalue weighted by Crippen LogP contribution is -2.25. The molecule has 0 spiro atoms. The molecule has 15 rings (SSSR count). The average molecular weight is 1230 g/mol. The number of nitrogens with zero attached hydrogens (tertiary/aromatic N) is 5. The second-order valence-corrected chi connectivity index (χ2v) is 28.0. The van der Waals surface area contributed by atoms with Crippen LogP contribution in [0.3, 0.4) is 0 Å². The lowest BCUT2D eigenvalue weighted by molar-refractivity contribution is 0.569. The maximum absolute atomic E-state index is 5.48. The van der Waals surface area contributed by atoms with Crippen molar-refractivity contribution in [2.75, 3.05) is 26.3 Å². The van der Waals surface area contributed by atoms with Gasteiger partial charge in [0.25, 0.3) is 0 Å². The SMILES string of the molecule is CC(C)Cc1cc(N2c3ccccc3-c3ccccc3-c3ccc(N(c4ccccc4)c4cc(-c5ccccc5)cc(N5CN(c6c(-c7cccc(-c8ccccc8)c7)cccc6-c6cc(C(C)(C)C)cc(C(C)(C)C)c6)c6ccccc65)c4)cc32)ncc1-c1ccccc1. The molecule has 12 aromatic carbocycles. The third kappa shape index (κ3) is 11.7. The van der Waals surface area contributed by atoms with E-state index in [9.17, 15) is 0 Å². The number of anilines is 10. The van der Waals surface area contributed by atoms with Crippen LogP contribution >= 0.6 is 0 Å². The maximum Gasteiger partial charge on any atom is 0.137 e. The molecule has 0 aliphatic carbocycles. The molecule has 0 unspecified atom stereocenters. The lowest BCUT2D eigenvalue weighted by Gasteiger charge is -2.32. The molecule has 5 nitrogen and oxygen atoms in total. The summed E-state index contributed by atoms with van der Waals surface area (Å²) in [4.78, 5) is 15.5. The Morgan fingerprint density at radius 1 is 0.347 bits per heavy atom. The van der Waals surface area contributed by atoms with Gasteiger partial charge in [-0.15, -0.1) is 0 Å². The van der Waals surface area contributed by atoms with Crippen molar-refractivity contribution in [3.8, 4) is 77.9 Å². The summed E-state index contributed by atoms with van der Waals surface area (Å²) in [5, 5.41) is 0. The summed E-state index contributed by atoms with van der Waals surface area (Å²) >= 11 is 0. The normalized spacial score (nSPS) is 12.7. The monoisotopic (exact) mass is 1230 g/mol. The fraction of sp³-hybridized carbons (Fsp3) is 0.144. The van der Waals surface area contributed by atoms with Gasteiger partial charge in [0, 0.05) is 56.8 Å². The second kappa shape index (κ2) is 24.8. The molecule has 1 aromatic heterocycles. The number of hydrogen-bond acceptors (Lipinski definition) is 5. The molecule has 0 radical (unpaired) electrons. The number of para-hydroxylation sites is 5. The average Bonchev–Trinajstić information content (AvgIpc) is 1.65. The topological polar surface area (TPSA) is 25.9 Å². The van der Waals surface area contributed by atoms with Crippen LogP contribution in [0, 0.1) is 5.92 Å². The molecule has 0 bridgehead atoms. The van der Waals surface area contributed by atoms with Gasteiger partial charge in [-0.05, 0) is 163 Å². The van der Waals surface area contributed by atoms with Gasteiger partial charge in [-0.2, -0.15) is 0 Å². The summed E-state index contributed by atoms with van der Waals surface area (Å²) in [6.45, 7) is 19.2. The van der Waals surface area contributed by atoms with E-state index in [0.29, 0.717) is 12.6 Å². The molecule has 0 saturated carbocycles. The first kappa shape index (κ1) is 60.2. The summed E-state index contributed by atoms with van der Waals surface area (Å²) in [5.74, 6) is 1.30. The van der Waals surface area contributed by atoms with Crippen LogP contribution in [0.4, 0.5) is 57.0 Å². The molecule has 464 valence electrons. The van der Waals surface area contributed by atoms with Gasteiger partial charge in [-0.25, -0.2) is 4.98 Å². The minimum atomic E-state index is -0.0812. The Balaban J connectivity index is 0.931. The summed E-state index contributed by atoms with van der Waals surface area (Å²) in [7, 11) is 0. The molecule has 0 N–H and O–H groups in total. The number of hydrogen-bond donors (Lipinski definition) is 0. The van der Waals surface area contributed by atoms with Gasteiger partial charge >= 0.3 is 0 Å². The highest BCUT2D eigenvalue weighted by Crippen LogP contribution is 2.55. The predicted octanol–water partition coefficient (Wildman–Crippen LogP) is 25.0. The molecule has 0 saturated heterocycles.